The molecule has 1 aromatic heterocycles. The summed E-state index contributed by atoms with van der Waals surface area (Å²) in [6.45, 7) is 5.21. The average Bonchev–Trinajstić information content (AvgIpc) is 2.14. The Morgan fingerprint density at radius 2 is 2.14 bits per heavy atom. The van der Waals surface area contributed by atoms with E-state index in [0.717, 1.165) is 13.0 Å². The molecule has 0 saturated carbocycles. The Balaban J connectivity index is 2.56. The SMILES string of the molecule is CC(C)CCN(C)c1cc(F)ncn1. The smallest absolute Gasteiger partial charge is 0.218 e. The van der Waals surface area contributed by atoms with Gasteiger partial charge in [-0.15, -0.1) is 0 Å². The van der Waals surface area contributed by atoms with Crippen molar-refractivity contribution >= 4 is 5.82 Å². The molecular weight excluding hydrogens is 181 g/mol. The van der Waals surface area contributed by atoms with E-state index < -0.39 is 5.95 Å². The second kappa shape index (κ2) is 4.88. The first-order valence-corrected chi connectivity index (χ1v) is 4.78. The van der Waals surface area contributed by atoms with Crippen LogP contribution in [0.15, 0.2) is 12.4 Å². The summed E-state index contributed by atoms with van der Waals surface area (Å²) in [6, 6.07) is 1.35. The molecule has 78 valence electrons. The van der Waals surface area contributed by atoms with E-state index >= 15 is 0 Å². The van der Waals surface area contributed by atoms with Crippen molar-refractivity contribution in [3.05, 3.63) is 18.3 Å². The molecule has 0 bridgehead atoms. The highest BCUT2D eigenvalue weighted by atomic mass is 19.1. The van der Waals surface area contributed by atoms with Crippen molar-refractivity contribution < 1.29 is 4.39 Å². The summed E-state index contributed by atoms with van der Waals surface area (Å²) in [5.41, 5.74) is 0. The number of nitrogens with zero attached hydrogens (tertiary/aromatic N) is 3. The number of hydrogen-bond acceptors (Lipinski definition) is 3. The summed E-state index contributed by atoms with van der Waals surface area (Å²) in [5, 5.41) is 0. The normalized spacial score (nSPS) is 10.6. The Hall–Kier alpha value is -1.19. The molecule has 14 heavy (non-hydrogen) atoms. The van der Waals surface area contributed by atoms with Crippen LogP contribution in [0, 0.1) is 11.9 Å². The summed E-state index contributed by atoms with van der Waals surface area (Å²) in [5.74, 6) is 0.800. The molecule has 0 fully saturated rings. The van der Waals surface area contributed by atoms with Gasteiger partial charge in [0.05, 0.1) is 0 Å². The van der Waals surface area contributed by atoms with Gasteiger partial charge >= 0.3 is 0 Å². The van der Waals surface area contributed by atoms with Crippen LogP contribution >= 0.6 is 0 Å². The van der Waals surface area contributed by atoms with Crippen LogP contribution in [0.1, 0.15) is 20.3 Å². The summed E-state index contributed by atoms with van der Waals surface area (Å²) in [6.07, 6.45) is 2.32. The largest absolute Gasteiger partial charge is 0.359 e. The molecule has 0 spiro atoms. The number of anilines is 1. The standard InChI is InChI=1S/C10H16FN3/c1-8(2)4-5-14(3)10-6-9(11)12-7-13-10/h6-8H,4-5H2,1-3H3. The Bertz CT molecular complexity index is 288. The summed E-state index contributed by atoms with van der Waals surface area (Å²) in [7, 11) is 1.91. The highest BCUT2D eigenvalue weighted by Gasteiger charge is 2.04. The predicted molar refractivity (Wildman–Crippen MR) is 54.7 cm³/mol. The molecule has 0 N–H and O–H groups in total. The summed E-state index contributed by atoms with van der Waals surface area (Å²) in [4.78, 5) is 9.34. The first-order valence-electron chi connectivity index (χ1n) is 4.78. The van der Waals surface area contributed by atoms with Gasteiger partial charge in [0.25, 0.3) is 0 Å². The minimum absolute atomic E-state index is 0.480. The van der Waals surface area contributed by atoms with Gasteiger partial charge in [-0.1, -0.05) is 13.8 Å². The molecule has 0 aromatic carbocycles. The van der Waals surface area contributed by atoms with Gasteiger partial charge in [0.2, 0.25) is 5.95 Å². The van der Waals surface area contributed by atoms with Crippen LogP contribution in [-0.4, -0.2) is 23.6 Å². The molecule has 0 amide bonds. The molecule has 1 rings (SSSR count). The quantitative estimate of drug-likeness (QED) is 0.692. The molecule has 3 nitrogen and oxygen atoms in total. The lowest BCUT2D eigenvalue weighted by molar-refractivity contribution is 0.569. The van der Waals surface area contributed by atoms with E-state index in [4.69, 9.17) is 0 Å². The van der Waals surface area contributed by atoms with Crippen LogP contribution in [0.3, 0.4) is 0 Å². The van der Waals surface area contributed by atoms with Crippen LogP contribution in [0.4, 0.5) is 10.2 Å². The summed E-state index contributed by atoms with van der Waals surface area (Å²) < 4.78 is 12.7. The Labute approximate surface area is 84.0 Å². The molecule has 1 heterocycles. The van der Waals surface area contributed by atoms with Crippen molar-refractivity contribution in [1.82, 2.24) is 9.97 Å². The van der Waals surface area contributed by atoms with Crippen molar-refractivity contribution in [2.24, 2.45) is 5.92 Å². The Kier molecular flexibility index (Phi) is 3.80. The van der Waals surface area contributed by atoms with E-state index in [2.05, 4.69) is 23.8 Å². The van der Waals surface area contributed by atoms with Crippen LogP contribution in [-0.2, 0) is 0 Å². The molecule has 0 aliphatic carbocycles. The lowest BCUT2D eigenvalue weighted by Gasteiger charge is -2.18. The molecule has 0 saturated heterocycles. The second-order valence-electron chi connectivity index (χ2n) is 3.80. The molecule has 1 aromatic rings. The van der Waals surface area contributed by atoms with Gasteiger partial charge in [-0.05, 0) is 12.3 Å². The Morgan fingerprint density at radius 3 is 2.71 bits per heavy atom. The molecule has 0 atom stereocenters. The molecular formula is C10H16FN3. The van der Waals surface area contributed by atoms with Gasteiger partial charge in [0.1, 0.15) is 12.1 Å². The van der Waals surface area contributed by atoms with Crippen LogP contribution in [0.2, 0.25) is 0 Å². The number of hydrogen-bond donors (Lipinski definition) is 0. The minimum atomic E-state index is -0.480. The summed E-state index contributed by atoms with van der Waals surface area (Å²) >= 11 is 0. The second-order valence-corrected chi connectivity index (χ2v) is 3.80. The van der Waals surface area contributed by atoms with Gasteiger partial charge < -0.3 is 4.90 Å². The van der Waals surface area contributed by atoms with Crippen LogP contribution < -0.4 is 4.90 Å². The van der Waals surface area contributed by atoms with E-state index in [-0.39, 0.29) is 0 Å². The van der Waals surface area contributed by atoms with E-state index in [1.54, 1.807) is 0 Å². The highest BCUT2D eigenvalue weighted by Crippen LogP contribution is 2.10. The number of aromatic nitrogens is 2. The highest BCUT2D eigenvalue weighted by molar-refractivity contribution is 5.35. The molecule has 0 radical (unpaired) electrons. The van der Waals surface area contributed by atoms with Gasteiger partial charge in [0.15, 0.2) is 0 Å². The lowest BCUT2D eigenvalue weighted by Crippen LogP contribution is -2.21. The van der Waals surface area contributed by atoms with E-state index in [9.17, 15) is 4.39 Å². The van der Waals surface area contributed by atoms with Crippen molar-refractivity contribution in [3.8, 4) is 0 Å². The average molecular weight is 197 g/mol. The van der Waals surface area contributed by atoms with E-state index in [1.807, 2.05) is 11.9 Å². The third kappa shape index (κ3) is 3.28. The van der Waals surface area contributed by atoms with Gasteiger partial charge in [-0.25, -0.2) is 9.97 Å². The third-order valence-electron chi connectivity index (χ3n) is 2.05. The zero-order chi connectivity index (χ0) is 10.6. The van der Waals surface area contributed by atoms with Crippen LogP contribution in [0.5, 0.6) is 0 Å². The van der Waals surface area contributed by atoms with Crippen molar-refractivity contribution in [2.75, 3.05) is 18.5 Å². The molecule has 0 aliphatic heterocycles. The maximum atomic E-state index is 12.7. The first-order chi connectivity index (χ1) is 6.59. The minimum Gasteiger partial charge on any atom is -0.359 e. The number of rotatable bonds is 4. The zero-order valence-electron chi connectivity index (χ0n) is 8.87. The maximum absolute atomic E-state index is 12.7. The predicted octanol–water partition coefficient (Wildman–Crippen LogP) is 2.10. The zero-order valence-corrected chi connectivity index (χ0v) is 8.87. The van der Waals surface area contributed by atoms with Crippen LogP contribution in [0.25, 0.3) is 0 Å². The molecule has 0 unspecified atom stereocenters. The lowest BCUT2D eigenvalue weighted by atomic mass is 10.1. The van der Waals surface area contributed by atoms with Crippen molar-refractivity contribution in [3.63, 3.8) is 0 Å². The maximum Gasteiger partial charge on any atom is 0.218 e. The fourth-order valence-corrected chi connectivity index (χ4v) is 1.10. The van der Waals surface area contributed by atoms with E-state index in [0.29, 0.717) is 11.7 Å². The van der Waals surface area contributed by atoms with E-state index in [1.165, 1.54) is 12.4 Å². The van der Waals surface area contributed by atoms with Gasteiger partial charge in [-0.3, -0.25) is 0 Å². The fraction of sp³-hybridized carbons (Fsp3) is 0.600. The Morgan fingerprint density at radius 1 is 1.43 bits per heavy atom. The van der Waals surface area contributed by atoms with Gasteiger partial charge in [0, 0.05) is 19.7 Å². The van der Waals surface area contributed by atoms with Gasteiger partial charge in [-0.2, -0.15) is 4.39 Å². The molecule has 4 heteroatoms. The van der Waals surface area contributed by atoms with Crippen molar-refractivity contribution in [2.45, 2.75) is 20.3 Å². The third-order valence-corrected chi connectivity index (χ3v) is 2.05. The monoisotopic (exact) mass is 197 g/mol. The number of halogens is 1. The topological polar surface area (TPSA) is 29.0 Å². The molecule has 0 aliphatic rings. The van der Waals surface area contributed by atoms with Crippen molar-refractivity contribution in [1.29, 1.82) is 0 Å². The fourth-order valence-electron chi connectivity index (χ4n) is 1.10. The first kappa shape index (κ1) is 10.9.